The first-order chi connectivity index (χ1) is 13.3. The number of aromatic amines is 1. The lowest BCUT2D eigenvalue weighted by Crippen LogP contribution is -2.47. The average molecular weight is 389 g/mol. The van der Waals surface area contributed by atoms with Crippen molar-refractivity contribution >= 4 is 23.7 Å². The van der Waals surface area contributed by atoms with Gasteiger partial charge < -0.3 is 15.0 Å². The van der Waals surface area contributed by atoms with E-state index >= 15 is 0 Å². The monoisotopic (exact) mass is 389 g/mol. The highest BCUT2D eigenvalue weighted by Crippen LogP contribution is 2.32. The van der Waals surface area contributed by atoms with E-state index in [0.717, 1.165) is 37.0 Å². The van der Waals surface area contributed by atoms with Crippen LogP contribution in [0.1, 0.15) is 77.0 Å². The SMILES string of the molecule is COC(=O)c1c(C)[nH]c(C(=O)CN2C(=O)NC3(CCCCCCC3)C2=O)c1C. The number of aryl methyl sites for hydroxylation is 1. The van der Waals surface area contributed by atoms with E-state index in [9.17, 15) is 19.2 Å². The van der Waals surface area contributed by atoms with Crippen molar-refractivity contribution in [3.05, 3.63) is 22.5 Å². The molecule has 1 aromatic heterocycles. The van der Waals surface area contributed by atoms with Crippen LogP contribution < -0.4 is 5.32 Å². The number of ether oxygens (including phenoxy) is 1. The number of esters is 1. The van der Waals surface area contributed by atoms with Gasteiger partial charge in [-0.1, -0.05) is 32.1 Å². The molecule has 1 saturated carbocycles. The number of imide groups is 1. The Morgan fingerprint density at radius 2 is 1.68 bits per heavy atom. The van der Waals surface area contributed by atoms with E-state index in [4.69, 9.17) is 4.74 Å². The van der Waals surface area contributed by atoms with E-state index in [1.807, 2.05) is 0 Å². The maximum Gasteiger partial charge on any atom is 0.339 e. The molecule has 8 heteroatoms. The van der Waals surface area contributed by atoms with Crippen molar-refractivity contribution in [1.29, 1.82) is 0 Å². The van der Waals surface area contributed by atoms with Gasteiger partial charge in [-0.15, -0.1) is 0 Å². The summed E-state index contributed by atoms with van der Waals surface area (Å²) in [7, 11) is 1.28. The van der Waals surface area contributed by atoms with E-state index in [0.29, 0.717) is 29.7 Å². The van der Waals surface area contributed by atoms with Crippen LogP contribution in [0.25, 0.3) is 0 Å². The fraction of sp³-hybridized carbons (Fsp3) is 0.600. The quantitative estimate of drug-likeness (QED) is 0.467. The van der Waals surface area contributed by atoms with Crippen molar-refractivity contribution in [1.82, 2.24) is 15.2 Å². The van der Waals surface area contributed by atoms with Crippen molar-refractivity contribution in [3.63, 3.8) is 0 Å². The van der Waals surface area contributed by atoms with Gasteiger partial charge in [0.05, 0.1) is 24.9 Å². The summed E-state index contributed by atoms with van der Waals surface area (Å²) in [5.74, 6) is -1.27. The minimum Gasteiger partial charge on any atom is -0.465 e. The first-order valence-corrected chi connectivity index (χ1v) is 9.75. The number of amides is 3. The summed E-state index contributed by atoms with van der Waals surface area (Å²) in [6, 6.07) is -0.520. The van der Waals surface area contributed by atoms with Crippen molar-refractivity contribution in [3.8, 4) is 0 Å². The number of methoxy groups -OCH3 is 1. The second-order valence-electron chi connectivity index (χ2n) is 7.71. The molecule has 3 amide bonds. The zero-order valence-electron chi connectivity index (χ0n) is 16.6. The normalized spacial score (nSPS) is 19.3. The molecule has 3 rings (SSSR count). The summed E-state index contributed by atoms with van der Waals surface area (Å²) < 4.78 is 4.76. The van der Waals surface area contributed by atoms with Gasteiger partial charge >= 0.3 is 12.0 Å². The van der Waals surface area contributed by atoms with Crippen molar-refractivity contribution in [2.75, 3.05) is 13.7 Å². The Morgan fingerprint density at radius 3 is 2.29 bits per heavy atom. The second kappa shape index (κ2) is 7.77. The van der Waals surface area contributed by atoms with Crippen LogP contribution >= 0.6 is 0 Å². The Morgan fingerprint density at radius 1 is 1.07 bits per heavy atom. The predicted octanol–water partition coefficient (Wildman–Crippen LogP) is 2.64. The number of Topliss-reactive ketones (excluding diaryl/α,β-unsaturated/α-hetero) is 1. The van der Waals surface area contributed by atoms with Crippen molar-refractivity contribution in [2.24, 2.45) is 0 Å². The number of hydrogen-bond acceptors (Lipinski definition) is 5. The third-order valence-corrected chi connectivity index (χ3v) is 5.86. The Kier molecular flexibility index (Phi) is 5.58. The minimum atomic E-state index is -0.879. The Bertz CT molecular complexity index is 818. The summed E-state index contributed by atoms with van der Waals surface area (Å²) in [6.45, 7) is 2.96. The molecule has 0 atom stereocenters. The fourth-order valence-corrected chi connectivity index (χ4v) is 4.33. The Labute approximate surface area is 164 Å². The van der Waals surface area contributed by atoms with Gasteiger partial charge in [0.2, 0.25) is 0 Å². The van der Waals surface area contributed by atoms with Crippen LogP contribution in [0.5, 0.6) is 0 Å². The fourth-order valence-electron chi connectivity index (χ4n) is 4.33. The van der Waals surface area contributed by atoms with Crippen LogP contribution in [0.4, 0.5) is 4.79 Å². The standard InChI is InChI=1S/C20H27N3O5/c1-12-15(17(25)28-3)13(2)21-16(12)14(24)11-23-18(26)20(22-19(23)27)9-7-5-4-6-8-10-20/h21H,4-11H2,1-3H3,(H,22,27). The summed E-state index contributed by atoms with van der Waals surface area (Å²) in [4.78, 5) is 54.2. The number of carbonyl (C=O) groups is 4. The van der Waals surface area contributed by atoms with Crippen LogP contribution in [-0.2, 0) is 9.53 Å². The van der Waals surface area contributed by atoms with Gasteiger partial charge in [0.25, 0.3) is 5.91 Å². The third-order valence-electron chi connectivity index (χ3n) is 5.86. The van der Waals surface area contributed by atoms with E-state index in [1.54, 1.807) is 13.8 Å². The number of H-pyrrole nitrogens is 1. The number of rotatable bonds is 4. The number of carbonyl (C=O) groups excluding carboxylic acids is 4. The molecule has 0 aromatic carbocycles. The highest BCUT2D eigenvalue weighted by Gasteiger charge is 2.50. The molecule has 1 saturated heterocycles. The molecule has 0 radical (unpaired) electrons. The lowest BCUT2D eigenvalue weighted by atomic mass is 9.84. The molecule has 152 valence electrons. The number of hydrogen-bond donors (Lipinski definition) is 2. The van der Waals surface area contributed by atoms with Gasteiger partial charge in [-0.05, 0) is 32.3 Å². The van der Waals surface area contributed by atoms with Crippen LogP contribution in [0, 0.1) is 13.8 Å². The molecular formula is C20H27N3O5. The first-order valence-electron chi connectivity index (χ1n) is 9.75. The summed E-state index contributed by atoms with van der Waals surface area (Å²) >= 11 is 0. The summed E-state index contributed by atoms with van der Waals surface area (Å²) in [5, 5.41) is 2.85. The number of nitrogens with zero attached hydrogens (tertiary/aromatic N) is 1. The molecule has 8 nitrogen and oxygen atoms in total. The number of nitrogens with one attached hydrogen (secondary N) is 2. The molecule has 2 heterocycles. The molecule has 1 aliphatic heterocycles. The topological polar surface area (TPSA) is 109 Å². The van der Waals surface area contributed by atoms with Crippen LogP contribution in [-0.4, -0.2) is 52.8 Å². The maximum absolute atomic E-state index is 13.0. The van der Waals surface area contributed by atoms with Crippen molar-refractivity contribution < 1.29 is 23.9 Å². The lowest BCUT2D eigenvalue weighted by Gasteiger charge is -2.28. The van der Waals surface area contributed by atoms with Crippen molar-refractivity contribution in [2.45, 2.75) is 64.3 Å². The van der Waals surface area contributed by atoms with E-state index in [-0.39, 0.29) is 18.1 Å². The van der Waals surface area contributed by atoms with Gasteiger partial charge in [-0.2, -0.15) is 0 Å². The summed E-state index contributed by atoms with van der Waals surface area (Å²) in [6.07, 6.45) is 6.21. The maximum atomic E-state index is 13.0. The molecule has 2 fully saturated rings. The molecule has 2 aliphatic rings. The number of urea groups is 1. The highest BCUT2D eigenvalue weighted by atomic mass is 16.5. The van der Waals surface area contributed by atoms with Gasteiger partial charge in [0, 0.05) is 5.69 Å². The summed E-state index contributed by atoms with van der Waals surface area (Å²) in [5.41, 5.74) is 0.621. The van der Waals surface area contributed by atoms with E-state index in [2.05, 4.69) is 10.3 Å². The molecule has 0 unspecified atom stereocenters. The predicted molar refractivity (Wildman–Crippen MR) is 101 cm³/mol. The highest BCUT2D eigenvalue weighted by molar-refractivity contribution is 6.11. The average Bonchev–Trinajstić information content (AvgIpc) is 3.06. The van der Waals surface area contributed by atoms with Crippen LogP contribution in [0.15, 0.2) is 0 Å². The molecule has 1 spiro atoms. The van der Waals surface area contributed by atoms with Gasteiger partial charge in [0.15, 0.2) is 5.78 Å². The zero-order valence-corrected chi connectivity index (χ0v) is 16.6. The lowest BCUT2D eigenvalue weighted by molar-refractivity contribution is -0.131. The molecule has 2 N–H and O–H groups in total. The minimum absolute atomic E-state index is 0.220. The molecule has 28 heavy (non-hydrogen) atoms. The second-order valence-corrected chi connectivity index (χ2v) is 7.71. The molecule has 0 bridgehead atoms. The molecule has 1 aromatic rings. The molecule has 1 aliphatic carbocycles. The first kappa shape index (κ1) is 20.1. The third kappa shape index (κ3) is 3.43. The Balaban J connectivity index is 1.80. The number of ketones is 1. The Hall–Kier alpha value is -2.64. The van der Waals surface area contributed by atoms with Gasteiger partial charge in [-0.25, -0.2) is 9.59 Å². The van der Waals surface area contributed by atoms with Gasteiger partial charge in [0.1, 0.15) is 5.54 Å². The largest absolute Gasteiger partial charge is 0.465 e. The van der Waals surface area contributed by atoms with Gasteiger partial charge in [-0.3, -0.25) is 14.5 Å². The van der Waals surface area contributed by atoms with E-state index in [1.165, 1.54) is 7.11 Å². The van der Waals surface area contributed by atoms with Crippen LogP contribution in [0.3, 0.4) is 0 Å². The number of aromatic nitrogens is 1. The zero-order chi connectivity index (χ0) is 20.5. The van der Waals surface area contributed by atoms with E-state index < -0.39 is 23.3 Å². The smallest absolute Gasteiger partial charge is 0.339 e. The molecular weight excluding hydrogens is 362 g/mol. The van der Waals surface area contributed by atoms with Crippen LogP contribution in [0.2, 0.25) is 0 Å².